The highest BCUT2D eigenvalue weighted by atomic mass is 15.5. The number of aryl methyl sites for hydroxylation is 1. The third kappa shape index (κ3) is 2.43. The van der Waals surface area contributed by atoms with Crippen LogP contribution < -0.4 is 9.58 Å². The van der Waals surface area contributed by atoms with Crippen LogP contribution in [0.1, 0.15) is 46.4 Å². The Morgan fingerprint density at radius 2 is 1.83 bits per heavy atom. The van der Waals surface area contributed by atoms with Crippen LogP contribution in [0.4, 0.5) is 5.82 Å². The van der Waals surface area contributed by atoms with Crippen molar-refractivity contribution in [2.75, 3.05) is 4.90 Å². The van der Waals surface area contributed by atoms with E-state index < -0.39 is 0 Å². The Kier molecular flexibility index (Phi) is 3.98. The second-order valence-electron chi connectivity index (χ2n) is 7.48. The molecule has 1 aliphatic heterocycles. The van der Waals surface area contributed by atoms with Gasteiger partial charge in [-0.2, -0.15) is 0 Å². The molecule has 130 valence electrons. The highest BCUT2D eigenvalue weighted by Crippen LogP contribution is 2.35. The molecule has 5 heteroatoms. The molecule has 0 aromatic carbocycles. The first-order valence-corrected chi connectivity index (χ1v) is 8.69. The Labute approximate surface area is 145 Å². The lowest BCUT2D eigenvalue weighted by Gasteiger charge is -2.41. The van der Waals surface area contributed by atoms with E-state index in [2.05, 4.69) is 115 Å². The van der Waals surface area contributed by atoms with Crippen LogP contribution in [0.25, 0.3) is 0 Å². The van der Waals surface area contributed by atoms with Gasteiger partial charge in [-0.3, -0.25) is 0 Å². The fourth-order valence-electron chi connectivity index (χ4n) is 3.92. The Morgan fingerprint density at radius 3 is 2.38 bits per heavy atom. The Morgan fingerprint density at radius 1 is 1.12 bits per heavy atom. The van der Waals surface area contributed by atoms with Crippen molar-refractivity contribution >= 4 is 5.82 Å². The Balaban J connectivity index is 1.90. The van der Waals surface area contributed by atoms with E-state index in [1.807, 2.05) is 0 Å². The van der Waals surface area contributed by atoms with Crippen molar-refractivity contribution < 1.29 is 4.68 Å². The predicted molar refractivity (Wildman–Crippen MR) is 97.4 cm³/mol. The zero-order valence-corrected chi connectivity index (χ0v) is 15.9. The van der Waals surface area contributed by atoms with E-state index in [-0.39, 0.29) is 11.7 Å². The van der Waals surface area contributed by atoms with Crippen LogP contribution in [0, 0.1) is 0 Å². The van der Waals surface area contributed by atoms with Crippen molar-refractivity contribution in [1.82, 2.24) is 14.1 Å². The topological polar surface area (TPSA) is 20.2 Å². The molecule has 0 saturated carbocycles. The lowest BCUT2D eigenvalue weighted by Crippen LogP contribution is -2.48. The standard InChI is InChI=1S/C19H30N5/c1-15(2)24-12-10-18(21(24)7)22-13-14-23(16(22)3)19(4,5)17-9-8-11-20(17)6/h8-16H,1-7H3/q+1/t16-/m1/s1. The highest BCUT2D eigenvalue weighted by molar-refractivity contribution is 5.44. The minimum absolute atomic E-state index is 0.0812. The van der Waals surface area contributed by atoms with Crippen LogP contribution in [0.5, 0.6) is 0 Å². The molecule has 1 atom stereocenters. The molecule has 2 aromatic rings. The van der Waals surface area contributed by atoms with Crippen molar-refractivity contribution in [2.24, 2.45) is 14.1 Å². The summed E-state index contributed by atoms with van der Waals surface area (Å²) in [6.45, 7) is 11.2. The van der Waals surface area contributed by atoms with Crippen LogP contribution in [-0.2, 0) is 19.6 Å². The lowest BCUT2D eigenvalue weighted by molar-refractivity contribution is -0.789. The average molecular weight is 328 g/mol. The van der Waals surface area contributed by atoms with Gasteiger partial charge in [0.15, 0.2) is 18.1 Å². The molecule has 0 N–H and O–H groups in total. The molecule has 3 rings (SSSR count). The summed E-state index contributed by atoms with van der Waals surface area (Å²) < 4.78 is 6.68. The summed E-state index contributed by atoms with van der Waals surface area (Å²) in [5.74, 6) is 1.21. The van der Waals surface area contributed by atoms with Crippen molar-refractivity contribution in [3.63, 3.8) is 0 Å². The van der Waals surface area contributed by atoms with Gasteiger partial charge in [0.2, 0.25) is 0 Å². The van der Waals surface area contributed by atoms with E-state index >= 15 is 0 Å². The molecule has 5 nitrogen and oxygen atoms in total. The van der Waals surface area contributed by atoms with E-state index in [1.54, 1.807) is 0 Å². The number of hydrogen-bond donors (Lipinski definition) is 0. The molecule has 0 amide bonds. The second kappa shape index (κ2) is 5.72. The first-order chi connectivity index (χ1) is 11.2. The fraction of sp³-hybridized carbons (Fsp3) is 0.526. The normalized spacial score (nSPS) is 18.2. The van der Waals surface area contributed by atoms with Gasteiger partial charge < -0.3 is 14.4 Å². The summed E-state index contributed by atoms with van der Waals surface area (Å²) >= 11 is 0. The van der Waals surface area contributed by atoms with Gasteiger partial charge in [-0.15, -0.1) is 9.36 Å². The maximum absolute atomic E-state index is 2.43. The molecule has 0 unspecified atom stereocenters. The second-order valence-corrected chi connectivity index (χ2v) is 7.48. The first kappa shape index (κ1) is 16.7. The summed E-state index contributed by atoms with van der Waals surface area (Å²) in [5, 5.41) is 0. The minimum Gasteiger partial charge on any atom is -0.352 e. The van der Waals surface area contributed by atoms with E-state index in [9.17, 15) is 0 Å². The van der Waals surface area contributed by atoms with E-state index in [4.69, 9.17) is 0 Å². The first-order valence-electron chi connectivity index (χ1n) is 8.69. The molecule has 0 radical (unpaired) electrons. The fourth-order valence-corrected chi connectivity index (χ4v) is 3.92. The van der Waals surface area contributed by atoms with Gasteiger partial charge in [-0.05, 0) is 46.8 Å². The molecule has 2 aromatic heterocycles. The molecule has 0 saturated heterocycles. The number of anilines is 1. The van der Waals surface area contributed by atoms with Gasteiger partial charge in [-0.1, -0.05) is 0 Å². The van der Waals surface area contributed by atoms with Crippen molar-refractivity contribution in [3.05, 3.63) is 48.7 Å². The van der Waals surface area contributed by atoms with Crippen molar-refractivity contribution in [2.45, 2.75) is 52.4 Å². The number of aromatic nitrogens is 3. The zero-order chi connectivity index (χ0) is 17.6. The Hall–Kier alpha value is -2.17. The van der Waals surface area contributed by atoms with Crippen LogP contribution in [0.2, 0.25) is 0 Å². The molecule has 3 heterocycles. The third-order valence-electron chi connectivity index (χ3n) is 5.26. The van der Waals surface area contributed by atoms with Gasteiger partial charge in [0.05, 0.1) is 18.7 Å². The molecular formula is C19H30N5+. The van der Waals surface area contributed by atoms with Crippen LogP contribution in [0.15, 0.2) is 43.0 Å². The summed E-state index contributed by atoms with van der Waals surface area (Å²) in [6, 6.07) is 6.96. The van der Waals surface area contributed by atoms with Gasteiger partial charge in [0.25, 0.3) is 0 Å². The quantitative estimate of drug-likeness (QED) is 0.804. The largest absolute Gasteiger partial charge is 0.352 e. The van der Waals surface area contributed by atoms with Crippen LogP contribution >= 0.6 is 0 Å². The monoisotopic (exact) mass is 328 g/mol. The predicted octanol–water partition coefficient (Wildman–Crippen LogP) is 3.11. The molecule has 24 heavy (non-hydrogen) atoms. The maximum atomic E-state index is 2.43. The van der Waals surface area contributed by atoms with Gasteiger partial charge in [0.1, 0.15) is 6.17 Å². The summed E-state index contributed by atoms with van der Waals surface area (Å²) in [7, 11) is 4.24. The number of nitrogens with zero attached hydrogens (tertiary/aromatic N) is 5. The van der Waals surface area contributed by atoms with Crippen LogP contribution in [0.3, 0.4) is 0 Å². The average Bonchev–Trinajstić information content (AvgIpc) is 3.18. The molecular weight excluding hydrogens is 298 g/mol. The zero-order valence-electron chi connectivity index (χ0n) is 15.9. The maximum Gasteiger partial charge on any atom is 0.198 e. The van der Waals surface area contributed by atoms with Crippen molar-refractivity contribution in [1.29, 1.82) is 0 Å². The van der Waals surface area contributed by atoms with Gasteiger partial charge in [-0.25, -0.2) is 0 Å². The third-order valence-corrected chi connectivity index (χ3v) is 5.26. The highest BCUT2D eigenvalue weighted by Gasteiger charge is 2.38. The summed E-state index contributed by atoms with van der Waals surface area (Å²) in [6.07, 6.45) is 8.93. The summed E-state index contributed by atoms with van der Waals surface area (Å²) in [4.78, 5) is 4.76. The van der Waals surface area contributed by atoms with E-state index in [1.165, 1.54) is 11.5 Å². The Bertz CT molecular complexity index is 750. The molecule has 0 spiro atoms. The smallest absolute Gasteiger partial charge is 0.198 e. The van der Waals surface area contributed by atoms with Gasteiger partial charge >= 0.3 is 0 Å². The number of rotatable bonds is 4. The molecule has 1 aliphatic rings. The molecule has 0 bridgehead atoms. The SMILES string of the molecule is CC(C)[n+]1ccc(N2C=CN(C(C)(C)c3cccn3C)[C@@H]2C)n1C. The van der Waals surface area contributed by atoms with Gasteiger partial charge in [0, 0.05) is 31.3 Å². The molecule has 0 aliphatic carbocycles. The molecule has 0 fully saturated rings. The van der Waals surface area contributed by atoms with E-state index in [0.717, 1.165) is 0 Å². The van der Waals surface area contributed by atoms with Crippen molar-refractivity contribution in [3.8, 4) is 0 Å². The lowest BCUT2D eigenvalue weighted by atomic mass is 9.98. The van der Waals surface area contributed by atoms with E-state index in [0.29, 0.717) is 6.04 Å². The van der Waals surface area contributed by atoms with Crippen LogP contribution in [-0.4, -0.2) is 20.3 Å². The summed E-state index contributed by atoms with van der Waals surface area (Å²) in [5.41, 5.74) is 1.23. The number of hydrogen-bond acceptors (Lipinski definition) is 2. The minimum atomic E-state index is -0.0812.